The average Bonchev–Trinajstić information content (AvgIpc) is 3.14. The Hall–Kier alpha value is -2.43. The largest absolute Gasteiger partial charge is 0.451 e. The Kier molecular flexibility index (Phi) is 6.28. The molecule has 1 amide bonds. The van der Waals surface area contributed by atoms with Crippen LogP contribution in [0.4, 0.5) is 19.0 Å². The predicted molar refractivity (Wildman–Crippen MR) is 113 cm³/mol. The van der Waals surface area contributed by atoms with Crippen molar-refractivity contribution in [2.45, 2.75) is 25.2 Å². The highest BCUT2D eigenvalue weighted by atomic mass is 35.5. The number of benzene rings is 1. The van der Waals surface area contributed by atoms with E-state index in [2.05, 4.69) is 14.9 Å². The zero-order valence-electron chi connectivity index (χ0n) is 17.4. The maximum atomic E-state index is 13.1. The number of β-amino-alcohol motifs (C(OH)–C–C–N with tert-alkyl or cyclic N) is 1. The highest BCUT2D eigenvalue weighted by Gasteiger charge is 2.40. The molecule has 32 heavy (non-hydrogen) atoms. The van der Waals surface area contributed by atoms with Gasteiger partial charge in [0.2, 0.25) is 5.82 Å². The average molecular weight is 470 g/mol. The molecular weight excluding hydrogens is 447 g/mol. The smallest absolute Gasteiger partial charge is 0.390 e. The maximum absolute atomic E-state index is 13.1. The van der Waals surface area contributed by atoms with E-state index in [0.29, 0.717) is 43.3 Å². The molecule has 4 rings (SSSR count). The summed E-state index contributed by atoms with van der Waals surface area (Å²) in [5.41, 5.74) is 0.782. The van der Waals surface area contributed by atoms with Crippen LogP contribution < -0.4 is 4.90 Å². The third-order valence-electron chi connectivity index (χ3n) is 5.84. The first-order valence-corrected chi connectivity index (χ1v) is 10.6. The minimum Gasteiger partial charge on any atom is -0.390 e. The lowest BCUT2D eigenvalue weighted by molar-refractivity contribution is -0.145. The number of alkyl halides is 3. The van der Waals surface area contributed by atoms with Gasteiger partial charge in [-0.1, -0.05) is 11.6 Å². The Morgan fingerprint density at radius 3 is 2.38 bits per heavy atom. The molecule has 1 aromatic carbocycles. The monoisotopic (exact) mass is 469 g/mol. The number of rotatable bonds is 3. The normalized spacial score (nSPS) is 22.4. The molecule has 0 bridgehead atoms. The van der Waals surface area contributed by atoms with Crippen LogP contribution in [0.1, 0.15) is 21.9 Å². The van der Waals surface area contributed by atoms with Crippen LogP contribution in [-0.2, 0) is 6.18 Å². The van der Waals surface area contributed by atoms with Crippen LogP contribution in [0, 0.1) is 6.92 Å². The lowest BCUT2D eigenvalue weighted by Crippen LogP contribution is -2.54. The molecular formula is C21H23ClF3N5O2. The first-order valence-electron chi connectivity index (χ1n) is 10.3. The van der Waals surface area contributed by atoms with Gasteiger partial charge in [0.05, 0.1) is 12.1 Å². The van der Waals surface area contributed by atoms with Gasteiger partial charge < -0.3 is 14.9 Å². The molecule has 7 nitrogen and oxygen atoms in total. The fourth-order valence-corrected chi connectivity index (χ4v) is 4.31. The standard InChI is InChI=1S/C21H23ClF3N5O2/c1-13-10-18(27-20(26-13)21(23,24)25)30-11-16(17(31)12-30)28-6-8-29(9-7-28)19(32)14-2-4-15(22)5-3-14/h2-5,10,16-17,31H,6-9,11-12H2,1H3/t16-,17-/m1/s1. The van der Waals surface area contributed by atoms with E-state index in [1.54, 1.807) is 34.1 Å². The highest BCUT2D eigenvalue weighted by molar-refractivity contribution is 6.30. The predicted octanol–water partition coefficient (Wildman–Crippen LogP) is 2.46. The van der Waals surface area contributed by atoms with Crippen LogP contribution >= 0.6 is 11.6 Å². The van der Waals surface area contributed by atoms with Gasteiger partial charge in [0.15, 0.2) is 0 Å². The van der Waals surface area contributed by atoms with Crippen LogP contribution in [0.25, 0.3) is 0 Å². The summed E-state index contributed by atoms with van der Waals surface area (Å²) in [5.74, 6) is -1.10. The molecule has 1 aromatic heterocycles. The summed E-state index contributed by atoms with van der Waals surface area (Å²) in [6, 6.07) is 7.96. The summed E-state index contributed by atoms with van der Waals surface area (Å²) in [6.45, 7) is 4.13. The van der Waals surface area contributed by atoms with E-state index in [4.69, 9.17) is 11.6 Å². The summed E-state index contributed by atoms with van der Waals surface area (Å²) < 4.78 is 39.3. The summed E-state index contributed by atoms with van der Waals surface area (Å²) in [5, 5.41) is 11.2. The number of amides is 1. The Bertz CT molecular complexity index is 980. The number of aromatic nitrogens is 2. The van der Waals surface area contributed by atoms with Crippen LogP contribution in [0.5, 0.6) is 0 Å². The van der Waals surface area contributed by atoms with Crippen LogP contribution in [-0.4, -0.2) is 82.2 Å². The molecule has 2 aromatic rings. The van der Waals surface area contributed by atoms with Gasteiger partial charge >= 0.3 is 6.18 Å². The zero-order valence-corrected chi connectivity index (χ0v) is 18.1. The molecule has 1 N–H and O–H groups in total. The number of aliphatic hydroxyl groups is 1. The van der Waals surface area contributed by atoms with E-state index in [9.17, 15) is 23.1 Å². The quantitative estimate of drug-likeness (QED) is 0.744. The van der Waals surface area contributed by atoms with Gasteiger partial charge in [0.25, 0.3) is 5.91 Å². The van der Waals surface area contributed by atoms with Gasteiger partial charge in [-0.15, -0.1) is 0 Å². The SMILES string of the molecule is Cc1cc(N2C[C@@H](O)[C@H](N3CCN(C(=O)c4ccc(Cl)cc4)CC3)C2)nc(C(F)(F)F)n1. The molecule has 0 unspecified atom stereocenters. The number of halogens is 4. The van der Waals surface area contributed by atoms with E-state index in [1.807, 2.05) is 0 Å². The Morgan fingerprint density at radius 2 is 1.75 bits per heavy atom. The molecule has 11 heteroatoms. The van der Waals surface area contributed by atoms with Crippen molar-refractivity contribution in [2.24, 2.45) is 0 Å². The second kappa shape index (κ2) is 8.84. The zero-order chi connectivity index (χ0) is 23.0. The topological polar surface area (TPSA) is 72.8 Å². The Balaban J connectivity index is 1.39. The summed E-state index contributed by atoms with van der Waals surface area (Å²) in [7, 11) is 0. The second-order valence-corrected chi connectivity index (χ2v) is 8.50. The number of carbonyl (C=O) groups excluding carboxylic acids is 1. The van der Waals surface area contributed by atoms with Gasteiger partial charge in [-0.3, -0.25) is 9.69 Å². The molecule has 2 aliphatic heterocycles. The van der Waals surface area contributed by atoms with E-state index < -0.39 is 18.1 Å². The minimum absolute atomic E-state index is 0.0777. The highest BCUT2D eigenvalue weighted by Crippen LogP contribution is 2.30. The van der Waals surface area contributed by atoms with E-state index in [0.717, 1.165) is 0 Å². The number of aliphatic hydroxyl groups excluding tert-OH is 1. The van der Waals surface area contributed by atoms with Crippen LogP contribution in [0.15, 0.2) is 30.3 Å². The molecule has 2 fully saturated rings. The number of hydrogen-bond donors (Lipinski definition) is 1. The number of aryl methyl sites for hydroxylation is 1. The fraction of sp³-hybridized carbons (Fsp3) is 0.476. The van der Waals surface area contributed by atoms with Gasteiger partial charge in [0.1, 0.15) is 5.82 Å². The molecule has 2 saturated heterocycles. The lowest BCUT2D eigenvalue weighted by Gasteiger charge is -2.38. The number of hydrogen-bond acceptors (Lipinski definition) is 6. The van der Waals surface area contributed by atoms with Crippen molar-refractivity contribution in [3.05, 3.63) is 52.4 Å². The number of nitrogens with zero attached hydrogens (tertiary/aromatic N) is 5. The van der Waals surface area contributed by atoms with Crippen molar-refractivity contribution in [1.82, 2.24) is 19.8 Å². The molecule has 2 aliphatic rings. The van der Waals surface area contributed by atoms with E-state index in [-0.39, 0.29) is 30.0 Å². The van der Waals surface area contributed by atoms with Gasteiger partial charge in [-0.2, -0.15) is 13.2 Å². The third-order valence-corrected chi connectivity index (χ3v) is 6.09. The number of carbonyl (C=O) groups is 1. The first-order chi connectivity index (χ1) is 15.1. The Morgan fingerprint density at radius 1 is 1.09 bits per heavy atom. The maximum Gasteiger partial charge on any atom is 0.451 e. The lowest BCUT2D eigenvalue weighted by atomic mass is 10.1. The number of piperazine rings is 1. The molecule has 0 radical (unpaired) electrons. The first kappa shape index (κ1) is 22.8. The molecule has 172 valence electrons. The third kappa shape index (κ3) is 4.82. The Labute approximate surface area is 188 Å². The second-order valence-electron chi connectivity index (χ2n) is 8.06. The fourth-order valence-electron chi connectivity index (χ4n) is 4.19. The molecule has 3 heterocycles. The summed E-state index contributed by atoms with van der Waals surface area (Å²) >= 11 is 5.88. The van der Waals surface area contributed by atoms with Gasteiger partial charge in [-0.05, 0) is 31.2 Å². The van der Waals surface area contributed by atoms with Crippen molar-refractivity contribution >= 4 is 23.3 Å². The number of anilines is 1. The van der Waals surface area contributed by atoms with Crippen LogP contribution in [0.3, 0.4) is 0 Å². The van der Waals surface area contributed by atoms with Crippen molar-refractivity contribution < 1.29 is 23.1 Å². The van der Waals surface area contributed by atoms with E-state index >= 15 is 0 Å². The van der Waals surface area contributed by atoms with Crippen molar-refractivity contribution in [3.8, 4) is 0 Å². The van der Waals surface area contributed by atoms with Crippen molar-refractivity contribution in [2.75, 3.05) is 44.2 Å². The van der Waals surface area contributed by atoms with Gasteiger partial charge in [-0.25, -0.2) is 9.97 Å². The molecule has 0 spiro atoms. The molecule has 2 atom stereocenters. The van der Waals surface area contributed by atoms with Crippen molar-refractivity contribution in [3.63, 3.8) is 0 Å². The molecule has 0 saturated carbocycles. The van der Waals surface area contributed by atoms with Gasteiger partial charge in [0, 0.05) is 61.6 Å². The van der Waals surface area contributed by atoms with E-state index in [1.165, 1.54) is 13.0 Å². The summed E-state index contributed by atoms with van der Waals surface area (Å²) in [4.78, 5) is 25.3. The summed E-state index contributed by atoms with van der Waals surface area (Å²) in [6.07, 6.45) is -5.37. The minimum atomic E-state index is -4.63. The van der Waals surface area contributed by atoms with Crippen molar-refractivity contribution in [1.29, 1.82) is 0 Å². The van der Waals surface area contributed by atoms with Crippen LogP contribution in [0.2, 0.25) is 5.02 Å². The molecule has 0 aliphatic carbocycles.